The number of ether oxygens (including phenoxy) is 2. The lowest BCUT2D eigenvalue weighted by molar-refractivity contribution is -0.161. The largest absolute Gasteiger partial charge is 0.472 e. The number of aliphatic hydroxyl groups excluding tert-OH is 1. The Balaban J connectivity index is 4.35. The van der Waals surface area contributed by atoms with Crippen LogP contribution >= 0.6 is 7.82 Å². The molecule has 10 nitrogen and oxygen atoms in total. The molecular formula is C43H74NO9P. The van der Waals surface area contributed by atoms with Crippen LogP contribution in [0.1, 0.15) is 149 Å². The molecule has 0 heterocycles. The zero-order valence-electron chi connectivity index (χ0n) is 33.5. The number of rotatable bonds is 37. The van der Waals surface area contributed by atoms with Crippen molar-refractivity contribution in [3.05, 3.63) is 72.9 Å². The highest BCUT2D eigenvalue weighted by Gasteiger charge is 2.25. The number of phosphoric acid groups is 1. The number of hydrogen-bond acceptors (Lipinski definition) is 9. The van der Waals surface area contributed by atoms with Gasteiger partial charge in [0, 0.05) is 19.4 Å². The molecule has 0 fully saturated rings. The predicted octanol–water partition coefficient (Wildman–Crippen LogP) is 10.5. The van der Waals surface area contributed by atoms with E-state index in [9.17, 15) is 24.2 Å². The minimum absolute atomic E-state index is 0.0338. The first kappa shape index (κ1) is 51.4. The van der Waals surface area contributed by atoms with Crippen LogP contribution in [0, 0.1) is 0 Å². The first-order valence-corrected chi connectivity index (χ1v) is 22.0. The molecule has 0 saturated heterocycles. The summed E-state index contributed by atoms with van der Waals surface area (Å²) in [5.74, 6) is -0.941. The number of allylic oxidation sites excluding steroid dienone is 11. The fraction of sp³-hybridized carbons (Fsp3) is 0.674. The summed E-state index contributed by atoms with van der Waals surface area (Å²) in [7, 11) is -4.40. The Morgan fingerprint density at radius 1 is 0.630 bits per heavy atom. The van der Waals surface area contributed by atoms with Gasteiger partial charge in [0.2, 0.25) is 0 Å². The number of unbranched alkanes of at least 4 members (excludes halogenated alkanes) is 10. The van der Waals surface area contributed by atoms with Gasteiger partial charge in [0.25, 0.3) is 0 Å². The van der Waals surface area contributed by atoms with Gasteiger partial charge in [0.1, 0.15) is 6.61 Å². The molecule has 0 aromatic heterocycles. The second-order valence-electron chi connectivity index (χ2n) is 13.3. The van der Waals surface area contributed by atoms with Gasteiger partial charge in [-0.1, -0.05) is 132 Å². The van der Waals surface area contributed by atoms with E-state index in [0.717, 1.165) is 83.5 Å². The Labute approximate surface area is 327 Å². The van der Waals surface area contributed by atoms with Gasteiger partial charge in [-0.15, -0.1) is 0 Å². The van der Waals surface area contributed by atoms with E-state index >= 15 is 0 Å². The van der Waals surface area contributed by atoms with Crippen LogP contribution in [-0.4, -0.2) is 60.5 Å². The van der Waals surface area contributed by atoms with Crippen LogP contribution in [0.2, 0.25) is 0 Å². The molecule has 1 unspecified atom stereocenters. The fourth-order valence-corrected chi connectivity index (χ4v) is 5.79. The van der Waals surface area contributed by atoms with Crippen LogP contribution in [0.5, 0.6) is 0 Å². The SMILES string of the molecule is CCCCC/C=C\C/C=C\CCCCCCCC(=O)O[C@H](COC(=O)CCC/C=C\C/C=C\C/C=C\C/C=C\[C@@H](O)CCCC)COP(=O)(O)OCCN. The van der Waals surface area contributed by atoms with Crippen molar-refractivity contribution in [3.63, 3.8) is 0 Å². The van der Waals surface area contributed by atoms with Gasteiger partial charge in [-0.2, -0.15) is 0 Å². The van der Waals surface area contributed by atoms with Crippen molar-refractivity contribution in [2.75, 3.05) is 26.4 Å². The van der Waals surface area contributed by atoms with Crippen LogP contribution in [0.15, 0.2) is 72.9 Å². The van der Waals surface area contributed by atoms with E-state index < -0.39 is 32.5 Å². The summed E-state index contributed by atoms with van der Waals surface area (Å²) in [5, 5.41) is 9.80. The molecule has 0 amide bonds. The topological polar surface area (TPSA) is 155 Å². The van der Waals surface area contributed by atoms with Crippen molar-refractivity contribution in [1.29, 1.82) is 0 Å². The Hall–Kier alpha value is -2.59. The molecule has 0 aromatic carbocycles. The van der Waals surface area contributed by atoms with Crippen LogP contribution in [-0.2, 0) is 32.7 Å². The summed E-state index contributed by atoms with van der Waals surface area (Å²) in [6.07, 6.45) is 42.7. The third kappa shape index (κ3) is 37.7. The average Bonchev–Trinajstić information content (AvgIpc) is 3.15. The number of hydrogen-bond donors (Lipinski definition) is 3. The van der Waals surface area contributed by atoms with E-state index in [2.05, 4.69) is 62.5 Å². The summed E-state index contributed by atoms with van der Waals surface area (Å²) in [4.78, 5) is 34.8. The van der Waals surface area contributed by atoms with E-state index in [-0.39, 0.29) is 38.7 Å². The number of phosphoric ester groups is 1. The van der Waals surface area contributed by atoms with Crippen LogP contribution < -0.4 is 5.73 Å². The number of carbonyl (C=O) groups excluding carboxylic acids is 2. The van der Waals surface area contributed by atoms with Gasteiger partial charge in [-0.25, -0.2) is 4.57 Å². The molecule has 11 heteroatoms. The molecule has 0 aliphatic carbocycles. The lowest BCUT2D eigenvalue weighted by Gasteiger charge is -2.19. The molecule has 0 spiro atoms. The Kier molecular flexibility index (Phi) is 36.8. The van der Waals surface area contributed by atoms with Gasteiger partial charge < -0.3 is 25.2 Å². The predicted molar refractivity (Wildman–Crippen MR) is 221 cm³/mol. The minimum Gasteiger partial charge on any atom is -0.462 e. The van der Waals surface area contributed by atoms with Crippen molar-refractivity contribution in [2.45, 2.75) is 161 Å². The average molecular weight is 780 g/mol. The maximum atomic E-state index is 12.5. The summed E-state index contributed by atoms with van der Waals surface area (Å²) in [5.41, 5.74) is 5.33. The molecule has 0 bridgehead atoms. The Morgan fingerprint density at radius 2 is 1.15 bits per heavy atom. The van der Waals surface area contributed by atoms with Crippen molar-refractivity contribution in [2.24, 2.45) is 5.73 Å². The molecule has 0 aliphatic rings. The highest BCUT2D eigenvalue weighted by atomic mass is 31.2. The summed E-state index contributed by atoms with van der Waals surface area (Å²) < 4.78 is 32.6. The standard InChI is InChI=1S/C43H74NO9P/c1-3-5-7-8-9-10-11-12-13-14-19-22-25-28-31-35-43(47)53-41(39-52-54(48,49)51-37-36-44)38-50-42(46)34-30-27-24-21-18-16-15-17-20-23-26-29-33-40(45)32-6-4-2/h9-10,12-13,15-16,20-21,23-24,29,33,40-41,45H,3-8,11,14,17-19,22,25-28,30-32,34-39,44H2,1-2H3,(H,48,49)/b10-9-,13-12-,16-15-,23-20-,24-21-,33-29-/t40-,41+/m0/s1. The molecule has 0 aliphatic heterocycles. The molecular weight excluding hydrogens is 705 g/mol. The van der Waals surface area contributed by atoms with Gasteiger partial charge >= 0.3 is 19.8 Å². The van der Waals surface area contributed by atoms with Crippen molar-refractivity contribution < 1.29 is 42.7 Å². The van der Waals surface area contributed by atoms with Gasteiger partial charge in [-0.3, -0.25) is 18.6 Å². The van der Waals surface area contributed by atoms with Crippen LogP contribution in [0.25, 0.3) is 0 Å². The fourth-order valence-electron chi connectivity index (χ4n) is 5.03. The lowest BCUT2D eigenvalue weighted by Crippen LogP contribution is -2.29. The van der Waals surface area contributed by atoms with Gasteiger partial charge in [-0.05, 0) is 77.0 Å². The maximum Gasteiger partial charge on any atom is 0.472 e. The van der Waals surface area contributed by atoms with Crippen LogP contribution in [0.3, 0.4) is 0 Å². The smallest absolute Gasteiger partial charge is 0.462 e. The first-order valence-electron chi connectivity index (χ1n) is 20.5. The molecule has 0 saturated carbocycles. The van der Waals surface area contributed by atoms with Crippen molar-refractivity contribution >= 4 is 19.8 Å². The van der Waals surface area contributed by atoms with Gasteiger partial charge in [0.15, 0.2) is 6.10 Å². The van der Waals surface area contributed by atoms with Gasteiger partial charge in [0.05, 0.1) is 19.3 Å². The summed E-state index contributed by atoms with van der Waals surface area (Å²) >= 11 is 0. The van der Waals surface area contributed by atoms with E-state index in [1.165, 1.54) is 19.3 Å². The van der Waals surface area contributed by atoms with E-state index in [4.69, 9.17) is 24.3 Å². The number of aliphatic hydroxyl groups is 1. The quantitative estimate of drug-likeness (QED) is 0.0240. The lowest BCUT2D eigenvalue weighted by atomic mass is 10.1. The zero-order chi connectivity index (χ0) is 39.8. The summed E-state index contributed by atoms with van der Waals surface area (Å²) in [6.45, 7) is 3.43. The molecule has 310 valence electrons. The minimum atomic E-state index is -4.40. The molecule has 4 N–H and O–H groups in total. The molecule has 0 rings (SSSR count). The number of carbonyl (C=O) groups is 2. The molecule has 54 heavy (non-hydrogen) atoms. The maximum absolute atomic E-state index is 12.5. The number of esters is 2. The number of nitrogens with two attached hydrogens (primary N) is 1. The van der Waals surface area contributed by atoms with Crippen LogP contribution in [0.4, 0.5) is 0 Å². The second kappa shape index (κ2) is 38.7. The molecule has 0 aromatic rings. The normalized spacial score (nSPS) is 14.7. The van der Waals surface area contributed by atoms with E-state index in [0.29, 0.717) is 19.3 Å². The molecule has 0 radical (unpaired) electrons. The summed E-state index contributed by atoms with van der Waals surface area (Å²) in [6, 6.07) is 0. The third-order valence-electron chi connectivity index (χ3n) is 8.14. The Morgan fingerprint density at radius 3 is 1.76 bits per heavy atom. The van der Waals surface area contributed by atoms with E-state index in [1.54, 1.807) is 0 Å². The second-order valence-corrected chi connectivity index (χ2v) is 14.8. The van der Waals surface area contributed by atoms with Crippen molar-refractivity contribution in [3.8, 4) is 0 Å². The highest BCUT2D eigenvalue weighted by Crippen LogP contribution is 2.43. The third-order valence-corrected chi connectivity index (χ3v) is 9.12. The monoisotopic (exact) mass is 780 g/mol. The van der Waals surface area contributed by atoms with E-state index in [1.807, 2.05) is 24.3 Å². The van der Waals surface area contributed by atoms with Crippen molar-refractivity contribution in [1.82, 2.24) is 0 Å². The highest BCUT2D eigenvalue weighted by molar-refractivity contribution is 7.47. The Bertz CT molecular complexity index is 1130. The molecule has 3 atom stereocenters. The zero-order valence-corrected chi connectivity index (χ0v) is 34.4. The first-order chi connectivity index (χ1) is 26.2.